The second kappa shape index (κ2) is 9.77. The fraction of sp³-hybridized carbons (Fsp3) is 0.400. The summed E-state index contributed by atoms with van der Waals surface area (Å²) in [6, 6.07) is 13.3. The summed E-state index contributed by atoms with van der Waals surface area (Å²) in [7, 11) is 3.01. The van der Waals surface area contributed by atoms with Crippen molar-refractivity contribution < 1.29 is 14.4 Å². The Balaban J connectivity index is 2.31. The molecule has 140 valence electrons. The van der Waals surface area contributed by atoms with Gasteiger partial charge < -0.3 is 9.47 Å². The highest BCUT2D eigenvalue weighted by Crippen LogP contribution is 2.35. The molecule has 0 bridgehead atoms. The Kier molecular flexibility index (Phi) is 7.41. The maximum absolute atomic E-state index is 11.5. The molecule has 0 aromatic heterocycles. The fourth-order valence-electron chi connectivity index (χ4n) is 2.89. The summed E-state index contributed by atoms with van der Waals surface area (Å²) in [6.07, 6.45) is 2.10. The van der Waals surface area contributed by atoms with Crippen LogP contribution in [0.2, 0.25) is 0 Å². The molecule has 0 N–H and O–H groups in total. The quantitative estimate of drug-likeness (QED) is 0.465. The average molecular weight is 358 g/mol. The molecule has 0 aliphatic carbocycles. The van der Waals surface area contributed by atoms with Gasteiger partial charge in [0.1, 0.15) is 0 Å². The highest BCUT2D eigenvalue weighted by atomic mass is 16.6. The van der Waals surface area contributed by atoms with Crippen LogP contribution in [0.4, 0.5) is 5.69 Å². The molecule has 0 fully saturated rings. The Morgan fingerprint density at radius 3 is 2.27 bits per heavy atom. The standard InChI is InChI=1S/C20H26N2O4/c1-4-5-11-21(14-16-9-7-6-8-10-16)15-17-12-19(25-2)20(26-3)13-18(17)22(23)24/h6-10,12-13H,4-5,11,14-15H2,1-3H3. The van der Waals surface area contributed by atoms with Crippen LogP contribution >= 0.6 is 0 Å². The third kappa shape index (κ3) is 5.20. The maximum Gasteiger partial charge on any atom is 0.277 e. The number of methoxy groups -OCH3 is 2. The molecule has 0 aliphatic heterocycles. The zero-order valence-electron chi connectivity index (χ0n) is 15.6. The lowest BCUT2D eigenvalue weighted by atomic mass is 10.1. The third-order valence-electron chi connectivity index (χ3n) is 4.25. The van der Waals surface area contributed by atoms with Crippen molar-refractivity contribution >= 4 is 5.69 Å². The molecule has 0 spiro atoms. The van der Waals surface area contributed by atoms with Crippen LogP contribution in [0.1, 0.15) is 30.9 Å². The highest BCUT2D eigenvalue weighted by Gasteiger charge is 2.21. The lowest BCUT2D eigenvalue weighted by Crippen LogP contribution is -2.24. The summed E-state index contributed by atoms with van der Waals surface area (Å²) in [5.74, 6) is 0.870. The normalized spacial score (nSPS) is 10.8. The monoisotopic (exact) mass is 358 g/mol. The van der Waals surface area contributed by atoms with Crippen molar-refractivity contribution in [3.05, 3.63) is 63.7 Å². The third-order valence-corrected chi connectivity index (χ3v) is 4.25. The van der Waals surface area contributed by atoms with Gasteiger partial charge in [-0.1, -0.05) is 43.7 Å². The minimum atomic E-state index is -0.363. The zero-order chi connectivity index (χ0) is 18.9. The van der Waals surface area contributed by atoms with Gasteiger partial charge in [-0.25, -0.2) is 0 Å². The molecule has 26 heavy (non-hydrogen) atoms. The van der Waals surface area contributed by atoms with E-state index in [-0.39, 0.29) is 10.6 Å². The van der Waals surface area contributed by atoms with Gasteiger partial charge in [0.25, 0.3) is 5.69 Å². The van der Waals surface area contributed by atoms with Gasteiger partial charge in [-0.05, 0) is 24.6 Å². The van der Waals surface area contributed by atoms with E-state index in [9.17, 15) is 10.1 Å². The lowest BCUT2D eigenvalue weighted by Gasteiger charge is -2.23. The lowest BCUT2D eigenvalue weighted by molar-refractivity contribution is -0.385. The molecule has 6 heteroatoms. The van der Waals surface area contributed by atoms with E-state index < -0.39 is 0 Å². The van der Waals surface area contributed by atoms with E-state index in [1.807, 2.05) is 18.2 Å². The van der Waals surface area contributed by atoms with Crippen molar-refractivity contribution in [2.75, 3.05) is 20.8 Å². The fourth-order valence-corrected chi connectivity index (χ4v) is 2.89. The first-order valence-electron chi connectivity index (χ1n) is 8.74. The van der Waals surface area contributed by atoms with E-state index >= 15 is 0 Å². The van der Waals surface area contributed by atoms with Crippen LogP contribution in [-0.4, -0.2) is 30.6 Å². The molecule has 2 aromatic rings. The van der Waals surface area contributed by atoms with Crippen molar-refractivity contribution in [1.29, 1.82) is 0 Å². The summed E-state index contributed by atoms with van der Waals surface area (Å²) in [5, 5.41) is 11.5. The molecular formula is C20H26N2O4. The van der Waals surface area contributed by atoms with Crippen molar-refractivity contribution in [2.45, 2.75) is 32.9 Å². The van der Waals surface area contributed by atoms with Crippen molar-refractivity contribution in [3.63, 3.8) is 0 Å². The second-order valence-corrected chi connectivity index (χ2v) is 6.14. The number of hydrogen-bond acceptors (Lipinski definition) is 5. The molecule has 0 saturated heterocycles. The van der Waals surface area contributed by atoms with Crippen molar-refractivity contribution in [3.8, 4) is 11.5 Å². The van der Waals surface area contributed by atoms with Crippen LogP contribution in [0.3, 0.4) is 0 Å². The molecule has 0 unspecified atom stereocenters. The number of benzene rings is 2. The van der Waals surface area contributed by atoms with Gasteiger partial charge >= 0.3 is 0 Å². The Hall–Kier alpha value is -2.60. The summed E-state index contributed by atoms with van der Waals surface area (Å²) < 4.78 is 10.5. The topological polar surface area (TPSA) is 64.8 Å². The molecule has 0 aliphatic rings. The maximum atomic E-state index is 11.5. The van der Waals surface area contributed by atoms with Gasteiger partial charge in [-0.2, -0.15) is 0 Å². The van der Waals surface area contributed by atoms with E-state index in [4.69, 9.17) is 9.47 Å². The summed E-state index contributed by atoms with van der Waals surface area (Å²) in [4.78, 5) is 13.4. The van der Waals surface area contributed by atoms with Crippen LogP contribution in [0.5, 0.6) is 11.5 Å². The molecular weight excluding hydrogens is 332 g/mol. The summed E-state index contributed by atoms with van der Waals surface area (Å²) in [6.45, 7) is 4.23. The first-order chi connectivity index (χ1) is 12.6. The molecule has 0 atom stereocenters. The van der Waals surface area contributed by atoms with E-state index in [0.717, 1.165) is 25.9 Å². The molecule has 0 amide bonds. The number of nitro groups is 1. The van der Waals surface area contributed by atoms with Crippen LogP contribution in [0, 0.1) is 10.1 Å². The van der Waals surface area contributed by atoms with E-state index in [1.54, 1.807) is 6.07 Å². The van der Waals surface area contributed by atoms with Crippen LogP contribution < -0.4 is 9.47 Å². The Morgan fingerprint density at radius 2 is 1.69 bits per heavy atom. The number of nitrogens with zero attached hydrogens (tertiary/aromatic N) is 2. The number of nitro benzene ring substituents is 1. The predicted molar refractivity (Wildman–Crippen MR) is 102 cm³/mol. The van der Waals surface area contributed by atoms with Gasteiger partial charge in [0.2, 0.25) is 0 Å². The minimum absolute atomic E-state index is 0.0530. The number of rotatable bonds is 10. The number of unbranched alkanes of at least 4 members (excludes halogenated alkanes) is 1. The first-order valence-corrected chi connectivity index (χ1v) is 8.74. The van der Waals surface area contributed by atoms with Gasteiger partial charge in [0, 0.05) is 18.7 Å². The van der Waals surface area contributed by atoms with Gasteiger partial charge in [0.15, 0.2) is 11.5 Å². The molecule has 2 rings (SSSR count). The van der Waals surface area contributed by atoms with Crippen molar-refractivity contribution in [2.24, 2.45) is 0 Å². The number of ether oxygens (including phenoxy) is 2. The SMILES string of the molecule is CCCCN(Cc1ccccc1)Cc1cc(OC)c(OC)cc1[N+](=O)[O-]. The van der Waals surface area contributed by atoms with Gasteiger partial charge in [-0.3, -0.25) is 15.0 Å². The molecule has 2 aromatic carbocycles. The Labute approximate surface area is 154 Å². The van der Waals surface area contributed by atoms with Crippen LogP contribution in [-0.2, 0) is 13.1 Å². The van der Waals surface area contributed by atoms with E-state index in [1.165, 1.54) is 25.8 Å². The second-order valence-electron chi connectivity index (χ2n) is 6.14. The van der Waals surface area contributed by atoms with Crippen LogP contribution in [0.25, 0.3) is 0 Å². The first kappa shape index (κ1) is 19.7. The number of hydrogen-bond donors (Lipinski definition) is 0. The Morgan fingerprint density at radius 1 is 1.04 bits per heavy atom. The Bertz CT molecular complexity index is 719. The molecule has 6 nitrogen and oxygen atoms in total. The average Bonchev–Trinajstić information content (AvgIpc) is 2.66. The summed E-state index contributed by atoms with van der Waals surface area (Å²) in [5.41, 5.74) is 1.86. The van der Waals surface area contributed by atoms with E-state index in [0.29, 0.717) is 23.6 Å². The van der Waals surface area contributed by atoms with Gasteiger partial charge in [-0.15, -0.1) is 0 Å². The smallest absolute Gasteiger partial charge is 0.277 e. The summed E-state index contributed by atoms with van der Waals surface area (Å²) >= 11 is 0. The molecule has 0 radical (unpaired) electrons. The highest BCUT2D eigenvalue weighted by molar-refractivity contribution is 5.54. The molecule has 0 saturated carbocycles. The molecule has 0 heterocycles. The van der Waals surface area contributed by atoms with Crippen LogP contribution in [0.15, 0.2) is 42.5 Å². The van der Waals surface area contributed by atoms with Gasteiger partial charge in [0.05, 0.1) is 25.2 Å². The van der Waals surface area contributed by atoms with Crippen molar-refractivity contribution in [1.82, 2.24) is 4.90 Å². The minimum Gasteiger partial charge on any atom is -0.493 e. The van der Waals surface area contributed by atoms with E-state index in [2.05, 4.69) is 24.0 Å². The zero-order valence-corrected chi connectivity index (χ0v) is 15.6. The predicted octanol–water partition coefficient (Wildman–Crippen LogP) is 4.41. The largest absolute Gasteiger partial charge is 0.493 e.